The van der Waals surface area contributed by atoms with Gasteiger partial charge in [-0.2, -0.15) is 0 Å². The van der Waals surface area contributed by atoms with Gasteiger partial charge in [-0.1, -0.05) is 23.7 Å². The van der Waals surface area contributed by atoms with E-state index in [4.69, 9.17) is 26.2 Å². The first-order valence-electron chi connectivity index (χ1n) is 8.42. The maximum absolute atomic E-state index is 14.2. The summed E-state index contributed by atoms with van der Waals surface area (Å²) in [6, 6.07) is 10.0. The fourth-order valence-electron chi connectivity index (χ4n) is 3.52. The van der Waals surface area contributed by atoms with Gasteiger partial charge in [0.15, 0.2) is 11.5 Å². The van der Waals surface area contributed by atoms with Crippen molar-refractivity contribution in [2.24, 2.45) is 0 Å². The lowest BCUT2D eigenvalue weighted by atomic mass is 9.89. The van der Waals surface area contributed by atoms with Gasteiger partial charge in [0, 0.05) is 23.7 Å². The van der Waals surface area contributed by atoms with E-state index >= 15 is 0 Å². The molecule has 0 aliphatic carbocycles. The quantitative estimate of drug-likeness (QED) is 0.816. The van der Waals surface area contributed by atoms with Crippen LogP contribution in [-0.2, 0) is 0 Å². The van der Waals surface area contributed by atoms with E-state index in [0.29, 0.717) is 42.5 Å². The Morgan fingerprint density at radius 1 is 1.15 bits per heavy atom. The highest BCUT2D eigenvalue weighted by Crippen LogP contribution is 2.47. The highest BCUT2D eigenvalue weighted by Gasteiger charge is 2.33. The normalized spacial score (nSPS) is 19.6. The number of para-hydroxylation sites is 1. The van der Waals surface area contributed by atoms with Gasteiger partial charge in [-0.15, -0.1) is 0 Å². The van der Waals surface area contributed by atoms with E-state index in [-0.39, 0.29) is 11.5 Å². The predicted octanol–water partition coefficient (Wildman–Crippen LogP) is 4.81. The third-order valence-electron chi connectivity index (χ3n) is 4.89. The molecule has 1 unspecified atom stereocenters. The van der Waals surface area contributed by atoms with Crippen molar-refractivity contribution < 1.29 is 23.8 Å². The van der Waals surface area contributed by atoms with Gasteiger partial charge in [0.05, 0.1) is 5.56 Å². The number of fused-ring (bicyclic) bond motifs is 1. The van der Waals surface area contributed by atoms with E-state index in [1.807, 2.05) is 12.1 Å². The Labute approximate surface area is 154 Å². The van der Waals surface area contributed by atoms with Crippen LogP contribution in [0.25, 0.3) is 0 Å². The minimum atomic E-state index is -0.889. The monoisotopic (exact) mass is 377 g/mol. The van der Waals surface area contributed by atoms with E-state index in [0.717, 1.165) is 5.56 Å². The Hall–Kier alpha value is -2.47. The van der Waals surface area contributed by atoms with Crippen LogP contribution in [-0.4, -0.2) is 29.2 Å². The van der Waals surface area contributed by atoms with Crippen LogP contribution in [0, 0.1) is 5.82 Å². The molecular weight excluding hydrogens is 361 g/mol. The van der Waals surface area contributed by atoms with Crippen molar-refractivity contribution in [2.45, 2.75) is 25.0 Å². The Kier molecular flexibility index (Phi) is 4.36. The standard InChI is InChI=1S/C19H17ClFNO4/c20-12-4-5-14(15(21)10-12)18-25-16-3-1-2-13(17(16)26-18)11-6-8-22(9-7-11)19(23)24/h1-5,10-11,18H,6-9H2,(H,23,24). The lowest BCUT2D eigenvalue weighted by Crippen LogP contribution is -2.36. The summed E-state index contributed by atoms with van der Waals surface area (Å²) in [6.07, 6.45) is -0.319. The molecule has 1 amide bonds. The molecule has 2 aliphatic heterocycles. The van der Waals surface area contributed by atoms with Gasteiger partial charge in [0.2, 0.25) is 0 Å². The number of piperidine rings is 1. The van der Waals surface area contributed by atoms with Gasteiger partial charge < -0.3 is 19.5 Å². The summed E-state index contributed by atoms with van der Waals surface area (Å²) < 4.78 is 25.9. The molecule has 1 saturated heterocycles. The molecule has 2 aromatic rings. The molecule has 2 aromatic carbocycles. The Morgan fingerprint density at radius 3 is 2.62 bits per heavy atom. The molecule has 1 fully saturated rings. The summed E-state index contributed by atoms with van der Waals surface area (Å²) in [6.45, 7) is 0.972. The maximum Gasteiger partial charge on any atom is 0.407 e. The van der Waals surface area contributed by atoms with Crippen LogP contribution >= 0.6 is 11.6 Å². The van der Waals surface area contributed by atoms with Gasteiger partial charge in [-0.3, -0.25) is 0 Å². The van der Waals surface area contributed by atoms with Crippen molar-refractivity contribution in [1.29, 1.82) is 0 Å². The van der Waals surface area contributed by atoms with E-state index in [2.05, 4.69) is 0 Å². The molecule has 4 rings (SSSR count). The second kappa shape index (κ2) is 6.68. The molecule has 0 radical (unpaired) electrons. The van der Waals surface area contributed by atoms with Crippen LogP contribution in [0.1, 0.15) is 36.2 Å². The fourth-order valence-corrected chi connectivity index (χ4v) is 3.68. The summed E-state index contributed by atoms with van der Waals surface area (Å²) in [4.78, 5) is 12.5. The summed E-state index contributed by atoms with van der Waals surface area (Å²) in [7, 11) is 0. The molecule has 1 atom stereocenters. The van der Waals surface area contributed by atoms with E-state index in [1.54, 1.807) is 18.2 Å². The molecule has 2 heterocycles. The lowest BCUT2D eigenvalue weighted by Gasteiger charge is -2.30. The Morgan fingerprint density at radius 2 is 1.92 bits per heavy atom. The predicted molar refractivity (Wildman–Crippen MR) is 93.4 cm³/mol. The molecule has 26 heavy (non-hydrogen) atoms. The minimum absolute atomic E-state index is 0.179. The van der Waals surface area contributed by atoms with Gasteiger partial charge in [0.1, 0.15) is 5.82 Å². The number of carbonyl (C=O) groups is 1. The van der Waals surface area contributed by atoms with Crippen molar-refractivity contribution in [1.82, 2.24) is 4.90 Å². The summed E-state index contributed by atoms with van der Waals surface area (Å²) in [5.74, 6) is 0.882. The fraction of sp³-hybridized carbons (Fsp3) is 0.316. The second-order valence-electron chi connectivity index (χ2n) is 6.45. The van der Waals surface area contributed by atoms with Gasteiger partial charge in [-0.25, -0.2) is 9.18 Å². The molecule has 0 bridgehead atoms. The van der Waals surface area contributed by atoms with Crippen molar-refractivity contribution >= 4 is 17.7 Å². The molecule has 2 aliphatic rings. The van der Waals surface area contributed by atoms with Crippen LogP contribution in [0.5, 0.6) is 11.5 Å². The number of benzene rings is 2. The number of halogens is 2. The minimum Gasteiger partial charge on any atom is -0.465 e. The van der Waals surface area contributed by atoms with Crippen molar-refractivity contribution in [3.63, 3.8) is 0 Å². The zero-order chi connectivity index (χ0) is 18.3. The summed E-state index contributed by atoms with van der Waals surface area (Å²) in [5, 5.41) is 9.41. The molecular formula is C19H17ClFNO4. The molecule has 5 nitrogen and oxygen atoms in total. The first-order valence-corrected chi connectivity index (χ1v) is 8.80. The van der Waals surface area contributed by atoms with Crippen LogP contribution in [0.15, 0.2) is 36.4 Å². The highest BCUT2D eigenvalue weighted by molar-refractivity contribution is 6.30. The molecule has 1 N–H and O–H groups in total. The van der Waals surface area contributed by atoms with Gasteiger partial charge >= 0.3 is 6.09 Å². The number of rotatable bonds is 2. The second-order valence-corrected chi connectivity index (χ2v) is 6.89. The van der Waals surface area contributed by atoms with Gasteiger partial charge in [0.25, 0.3) is 6.29 Å². The number of hydrogen-bond acceptors (Lipinski definition) is 3. The molecule has 0 spiro atoms. The third kappa shape index (κ3) is 3.05. The highest BCUT2D eigenvalue weighted by atomic mass is 35.5. The summed E-state index contributed by atoms with van der Waals surface area (Å²) >= 11 is 5.81. The van der Waals surface area contributed by atoms with Crippen LogP contribution in [0.4, 0.5) is 9.18 Å². The van der Waals surface area contributed by atoms with Crippen molar-refractivity contribution in [3.8, 4) is 11.5 Å². The van der Waals surface area contributed by atoms with Crippen LogP contribution < -0.4 is 9.47 Å². The first-order chi connectivity index (χ1) is 12.5. The molecule has 0 saturated carbocycles. The molecule has 0 aromatic heterocycles. The van der Waals surface area contributed by atoms with Crippen molar-refractivity contribution in [3.05, 3.63) is 58.4 Å². The largest absolute Gasteiger partial charge is 0.465 e. The van der Waals surface area contributed by atoms with E-state index in [9.17, 15) is 9.18 Å². The topological polar surface area (TPSA) is 59.0 Å². The molecule has 7 heteroatoms. The van der Waals surface area contributed by atoms with Crippen LogP contribution in [0.3, 0.4) is 0 Å². The van der Waals surface area contributed by atoms with Crippen LogP contribution in [0.2, 0.25) is 5.02 Å². The smallest absolute Gasteiger partial charge is 0.407 e. The number of hydrogen-bond donors (Lipinski definition) is 1. The average Bonchev–Trinajstić information content (AvgIpc) is 3.05. The van der Waals surface area contributed by atoms with Gasteiger partial charge in [-0.05, 0) is 43.0 Å². The molecule has 136 valence electrons. The number of amides is 1. The number of nitrogens with zero attached hydrogens (tertiary/aromatic N) is 1. The number of carboxylic acid groups (broad SMARTS) is 1. The lowest BCUT2D eigenvalue weighted by molar-refractivity contribution is 0.0446. The Bertz CT molecular complexity index is 851. The van der Waals surface area contributed by atoms with E-state index in [1.165, 1.54) is 11.0 Å². The number of likely N-dealkylation sites (tertiary alicyclic amines) is 1. The number of ether oxygens (including phenoxy) is 2. The summed E-state index contributed by atoms with van der Waals surface area (Å²) in [5.41, 5.74) is 1.27. The third-order valence-corrected chi connectivity index (χ3v) is 5.13. The maximum atomic E-state index is 14.2. The average molecular weight is 378 g/mol. The SMILES string of the molecule is O=C(O)N1CCC(c2cccc3c2OC(c2ccc(Cl)cc2F)O3)CC1. The van der Waals surface area contributed by atoms with Crippen molar-refractivity contribution in [2.75, 3.05) is 13.1 Å². The first kappa shape index (κ1) is 17.0. The Balaban J connectivity index is 1.56. The zero-order valence-electron chi connectivity index (χ0n) is 13.8. The van der Waals surface area contributed by atoms with E-state index < -0.39 is 18.2 Å². The zero-order valence-corrected chi connectivity index (χ0v) is 14.6.